The number of nitrogens with zero attached hydrogens (tertiary/aromatic N) is 2. The highest BCUT2D eigenvalue weighted by atomic mass is 16.4. The Bertz CT molecular complexity index is 459. The van der Waals surface area contributed by atoms with Gasteiger partial charge in [0.15, 0.2) is 0 Å². The van der Waals surface area contributed by atoms with E-state index in [0.717, 1.165) is 17.7 Å². The molecule has 0 spiro atoms. The van der Waals surface area contributed by atoms with E-state index >= 15 is 0 Å². The molecule has 0 aliphatic rings. The molecule has 4 nitrogen and oxygen atoms in total. The van der Waals surface area contributed by atoms with E-state index in [4.69, 9.17) is 4.42 Å². The van der Waals surface area contributed by atoms with Crippen LogP contribution < -0.4 is 0 Å². The SMILES string of the molecule is Cc1ccoc1C(O)CCc1ccnn1C. The number of hydrogen-bond acceptors (Lipinski definition) is 3. The first-order valence-electron chi connectivity index (χ1n) is 5.37. The lowest BCUT2D eigenvalue weighted by Gasteiger charge is -2.08. The normalized spacial score (nSPS) is 12.9. The Kier molecular flexibility index (Phi) is 3.10. The van der Waals surface area contributed by atoms with Crippen molar-refractivity contribution in [2.75, 3.05) is 0 Å². The van der Waals surface area contributed by atoms with Gasteiger partial charge in [-0.05, 0) is 37.5 Å². The Morgan fingerprint density at radius 2 is 2.31 bits per heavy atom. The molecule has 86 valence electrons. The number of aliphatic hydroxyl groups excluding tert-OH is 1. The lowest BCUT2D eigenvalue weighted by atomic mass is 10.1. The molecule has 2 aromatic rings. The number of aryl methyl sites for hydroxylation is 3. The standard InChI is InChI=1S/C12H16N2O2/c1-9-6-8-16-12(9)11(15)4-3-10-5-7-13-14(10)2/h5-8,11,15H,3-4H2,1-2H3. The quantitative estimate of drug-likeness (QED) is 0.857. The van der Waals surface area contributed by atoms with Crippen LogP contribution in [0.5, 0.6) is 0 Å². The van der Waals surface area contributed by atoms with Crippen molar-refractivity contribution in [3.05, 3.63) is 41.6 Å². The topological polar surface area (TPSA) is 51.2 Å². The largest absolute Gasteiger partial charge is 0.466 e. The fraction of sp³-hybridized carbons (Fsp3) is 0.417. The molecule has 0 aromatic carbocycles. The Morgan fingerprint density at radius 1 is 1.50 bits per heavy atom. The molecular formula is C12H16N2O2. The van der Waals surface area contributed by atoms with Gasteiger partial charge in [-0.1, -0.05) is 0 Å². The average molecular weight is 220 g/mol. The number of hydrogen-bond donors (Lipinski definition) is 1. The Morgan fingerprint density at radius 3 is 2.88 bits per heavy atom. The van der Waals surface area contributed by atoms with Crippen molar-refractivity contribution in [3.8, 4) is 0 Å². The van der Waals surface area contributed by atoms with E-state index in [1.54, 1.807) is 12.5 Å². The molecule has 1 unspecified atom stereocenters. The van der Waals surface area contributed by atoms with E-state index in [2.05, 4.69) is 5.10 Å². The summed E-state index contributed by atoms with van der Waals surface area (Å²) >= 11 is 0. The predicted octanol–water partition coefficient (Wildman–Crippen LogP) is 1.99. The lowest BCUT2D eigenvalue weighted by Crippen LogP contribution is -2.03. The molecule has 2 heterocycles. The minimum absolute atomic E-state index is 0.537. The summed E-state index contributed by atoms with van der Waals surface area (Å²) in [6, 6.07) is 3.82. The molecule has 16 heavy (non-hydrogen) atoms. The van der Waals surface area contributed by atoms with Gasteiger partial charge in [0.2, 0.25) is 0 Å². The van der Waals surface area contributed by atoms with Crippen molar-refractivity contribution in [1.29, 1.82) is 0 Å². The average Bonchev–Trinajstić information content (AvgIpc) is 2.84. The molecule has 1 N–H and O–H groups in total. The van der Waals surface area contributed by atoms with Gasteiger partial charge in [-0.15, -0.1) is 0 Å². The molecule has 0 aliphatic carbocycles. The Labute approximate surface area is 94.5 Å². The lowest BCUT2D eigenvalue weighted by molar-refractivity contribution is 0.139. The van der Waals surface area contributed by atoms with Crippen LogP contribution in [0, 0.1) is 6.92 Å². The summed E-state index contributed by atoms with van der Waals surface area (Å²) in [6.45, 7) is 1.94. The number of rotatable bonds is 4. The molecule has 0 saturated carbocycles. The maximum Gasteiger partial charge on any atom is 0.135 e. The van der Waals surface area contributed by atoms with Crippen LogP contribution in [0.3, 0.4) is 0 Å². The highest BCUT2D eigenvalue weighted by molar-refractivity contribution is 5.17. The van der Waals surface area contributed by atoms with E-state index in [-0.39, 0.29) is 0 Å². The summed E-state index contributed by atoms with van der Waals surface area (Å²) in [4.78, 5) is 0. The van der Waals surface area contributed by atoms with Crippen molar-refractivity contribution in [2.45, 2.75) is 25.9 Å². The zero-order valence-corrected chi connectivity index (χ0v) is 9.55. The molecule has 0 saturated heterocycles. The third kappa shape index (κ3) is 2.17. The van der Waals surface area contributed by atoms with Crippen molar-refractivity contribution in [2.24, 2.45) is 7.05 Å². The summed E-state index contributed by atoms with van der Waals surface area (Å²) in [5.41, 5.74) is 2.11. The molecule has 2 rings (SSSR count). The minimum atomic E-state index is -0.537. The van der Waals surface area contributed by atoms with Gasteiger partial charge in [0, 0.05) is 18.9 Å². The van der Waals surface area contributed by atoms with Crippen molar-refractivity contribution < 1.29 is 9.52 Å². The zero-order valence-electron chi connectivity index (χ0n) is 9.55. The van der Waals surface area contributed by atoms with Gasteiger partial charge in [-0.3, -0.25) is 4.68 Å². The summed E-state index contributed by atoms with van der Waals surface area (Å²) in [7, 11) is 1.90. The van der Waals surface area contributed by atoms with Crippen LogP contribution in [0.4, 0.5) is 0 Å². The smallest absolute Gasteiger partial charge is 0.135 e. The van der Waals surface area contributed by atoms with Crippen LogP contribution in [-0.2, 0) is 13.5 Å². The van der Waals surface area contributed by atoms with Crippen LogP contribution in [0.25, 0.3) is 0 Å². The molecule has 0 fully saturated rings. The van der Waals surface area contributed by atoms with E-state index in [0.29, 0.717) is 12.2 Å². The third-order valence-corrected chi connectivity index (χ3v) is 2.80. The van der Waals surface area contributed by atoms with Gasteiger partial charge >= 0.3 is 0 Å². The molecule has 0 bridgehead atoms. The predicted molar refractivity (Wildman–Crippen MR) is 59.9 cm³/mol. The second-order valence-corrected chi connectivity index (χ2v) is 3.97. The van der Waals surface area contributed by atoms with Gasteiger partial charge < -0.3 is 9.52 Å². The zero-order chi connectivity index (χ0) is 11.5. The maximum absolute atomic E-state index is 9.96. The van der Waals surface area contributed by atoms with Crippen molar-refractivity contribution >= 4 is 0 Å². The number of furan rings is 1. The molecule has 1 atom stereocenters. The van der Waals surface area contributed by atoms with E-state index in [9.17, 15) is 5.11 Å². The van der Waals surface area contributed by atoms with Crippen LogP contribution in [-0.4, -0.2) is 14.9 Å². The second kappa shape index (κ2) is 4.53. The molecule has 2 aromatic heterocycles. The summed E-state index contributed by atoms with van der Waals surface area (Å²) in [6.07, 6.45) is 4.27. The van der Waals surface area contributed by atoms with E-state index in [1.807, 2.05) is 30.8 Å². The van der Waals surface area contributed by atoms with Crippen LogP contribution in [0.15, 0.2) is 29.0 Å². The second-order valence-electron chi connectivity index (χ2n) is 3.97. The first kappa shape index (κ1) is 11.0. The van der Waals surface area contributed by atoms with Crippen LogP contribution >= 0.6 is 0 Å². The van der Waals surface area contributed by atoms with Gasteiger partial charge in [-0.2, -0.15) is 5.10 Å². The van der Waals surface area contributed by atoms with Gasteiger partial charge in [-0.25, -0.2) is 0 Å². The summed E-state index contributed by atoms with van der Waals surface area (Å²) in [5, 5.41) is 14.0. The number of aliphatic hydroxyl groups is 1. The van der Waals surface area contributed by atoms with Gasteiger partial charge in [0.05, 0.1) is 6.26 Å². The molecule has 4 heteroatoms. The van der Waals surface area contributed by atoms with Gasteiger partial charge in [0.25, 0.3) is 0 Å². The first-order chi connectivity index (χ1) is 7.68. The van der Waals surface area contributed by atoms with E-state index in [1.165, 1.54) is 0 Å². The van der Waals surface area contributed by atoms with Crippen molar-refractivity contribution in [1.82, 2.24) is 9.78 Å². The summed E-state index contributed by atoms with van der Waals surface area (Å²) < 4.78 is 7.07. The monoisotopic (exact) mass is 220 g/mol. The van der Waals surface area contributed by atoms with Crippen LogP contribution in [0.1, 0.15) is 29.5 Å². The number of aromatic nitrogens is 2. The molecule has 0 radical (unpaired) electrons. The Balaban J connectivity index is 1.97. The molecular weight excluding hydrogens is 204 g/mol. The maximum atomic E-state index is 9.96. The fourth-order valence-electron chi connectivity index (χ4n) is 1.79. The highest BCUT2D eigenvalue weighted by Gasteiger charge is 2.14. The first-order valence-corrected chi connectivity index (χ1v) is 5.37. The van der Waals surface area contributed by atoms with Crippen LogP contribution in [0.2, 0.25) is 0 Å². The third-order valence-electron chi connectivity index (χ3n) is 2.80. The van der Waals surface area contributed by atoms with Gasteiger partial charge in [0.1, 0.15) is 11.9 Å². The minimum Gasteiger partial charge on any atom is -0.466 e. The van der Waals surface area contributed by atoms with Crippen molar-refractivity contribution in [3.63, 3.8) is 0 Å². The highest BCUT2D eigenvalue weighted by Crippen LogP contribution is 2.22. The molecule has 0 aliphatic heterocycles. The molecule has 0 amide bonds. The Hall–Kier alpha value is -1.55. The fourth-order valence-corrected chi connectivity index (χ4v) is 1.79. The summed E-state index contributed by atoms with van der Waals surface area (Å²) in [5.74, 6) is 0.669. The van der Waals surface area contributed by atoms with E-state index < -0.39 is 6.10 Å².